The first-order valence-electron chi connectivity index (χ1n) is 10.6. The molecule has 0 aromatic carbocycles. The van der Waals surface area contributed by atoms with Crippen LogP contribution in [0.5, 0.6) is 0 Å². The summed E-state index contributed by atoms with van der Waals surface area (Å²) in [5.74, 6) is 3.41. The van der Waals surface area contributed by atoms with Crippen LogP contribution in [0.25, 0.3) is 0 Å². The standard InChI is InChI=1S/C20H32N6S/c1-15-7-6-12-26(14-15)18-13-17(25-10-4-2-3-5-11-25)22-19(23-18)24-20(27)21-16-8-9-16/h13,15-16H,2-12,14H2,1H3,(H2,21,22,23,24,27)/t15-/m0/s1. The molecule has 7 heteroatoms. The highest BCUT2D eigenvalue weighted by molar-refractivity contribution is 7.80. The van der Waals surface area contributed by atoms with Gasteiger partial charge in [-0.25, -0.2) is 0 Å². The number of rotatable bonds is 4. The van der Waals surface area contributed by atoms with Crippen LogP contribution in [0, 0.1) is 5.92 Å². The van der Waals surface area contributed by atoms with Gasteiger partial charge in [0.15, 0.2) is 5.11 Å². The topological polar surface area (TPSA) is 56.3 Å². The number of piperidine rings is 1. The van der Waals surface area contributed by atoms with Gasteiger partial charge in [-0.1, -0.05) is 19.8 Å². The molecule has 2 aliphatic heterocycles. The predicted molar refractivity (Wildman–Crippen MR) is 116 cm³/mol. The Balaban J connectivity index is 1.57. The van der Waals surface area contributed by atoms with E-state index in [1.807, 2.05) is 0 Å². The molecule has 27 heavy (non-hydrogen) atoms. The van der Waals surface area contributed by atoms with Crippen molar-refractivity contribution in [1.29, 1.82) is 0 Å². The van der Waals surface area contributed by atoms with Gasteiger partial charge in [-0.15, -0.1) is 0 Å². The van der Waals surface area contributed by atoms with Crippen LogP contribution in [0.4, 0.5) is 17.6 Å². The maximum atomic E-state index is 5.46. The fourth-order valence-electron chi connectivity index (χ4n) is 4.05. The number of nitrogens with zero attached hydrogens (tertiary/aromatic N) is 4. The summed E-state index contributed by atoms with van der Waals surface area (Å²) in [6, 6.07) is 2.72. The summed E-state index contributed by atoms with van der Waals surface area (Å²) in [6.07, 6.45) is 10.1. The Morgan fingerprint density at radius 3 is 2.30 bits per heavy atom. The predicted octanol–water partition coefficient (Wildman–Crippen LogP) is 3.54. The molecule has 3 fully saturated rings. The van der Waals surface area contributed by atoms with Gasteiger partial charge in [-0.05, 0) is 56.7 Å². The van der Waals surface area contributed by atoms with Gasteiger partial charge in [-0.3, -0.25) is 0 Å². The Labute approximate surface area is 168 Å². The summed E-state index contributed by atoms with van der Waals surface area (Å²) in [4.78, 5) is 14.5. The zero-order chi connectivity index (χ0) is 18.6. The SMILES string of the molecule is C[C@H]1CCCN(c2cc(N3CCCCCC3)nc(NC(=S)NC3CC3)n2)C1. The molecule has 2 saturated heterocycles. The van der Waals surface area contributed by atoms with Crippen molar-refractivity contribution >= 4 is 34.9 Å². The van der Waals surface area contributed by atoms with E-state index in [-0.39, 0.29) is 0 Å². The van der Waals surface area contributed by atoms with Gasteiger partial charge in [0.05, 0.1) is 0 Å². The lowest BCUT2D eigenvalue weighted by Gasteiger charge is -2.33. The van der Waals surface area contributed by atoms with Crippen molar-refractivity contribution in [2.24, 2.45) is 5.92 Å². The number of thiocarbonyl (C=S) groups is 1. The van der Waals surface area contributed by atoms with Gasteiger partial charge in [0, 0.05) is 38.3 Å². The van der Waals surface area contributed by atoms with Gasteiger partial charge in [0.25, 0.3) is 0 Å². The summed E-state index contributed by atoms with van der Waals surface area (Å²) in [7, 11) is 0. The van der Waals surface area contributed by atoms with E-state index in [1.165, 1.54) is 51.4 Å². The highest BCUT2D eigenvalue weighted by Crippen LogP contribution is 2.27. The molecule has 148 valence electrons. The van der Waals surface area contributed by atoms with Crippen LogP contribution in [0.2, 0.25) is 0 Å². The maximum absolute atomic E-state index is 5.46. The highest BCUT2D eigenvalue weighted by Gasteiger charge is 2.23. The Morgan fingerprint density at radius 1 is 0.963 bits per heavy atom. The van der Waals surface area contributed by atoms with Crippen molar-refractivity contribution < 1.29 is 0 Å². The summed E-state index contributed by atoms with van der Waals surface area (Å²) >= 11 is 5.46. The third kappa shape index (κ3) is 5.21. The van der Waals surface area contributed by atoms with E-state index in [0.717, 1.165) is 37.8 Å². The molecule has 3 aliphatic rings. The van der Waals surface area contributed by atoms with Crippen LogP contribution in [-0.2, 0) is 0 Å². The first kappa shape index (κ1) is 18.7. The van der Waals surface area contributed by atoms with Gasteiger partial charge in [-0.2, -0.15) is 9.97 Å². The molecule has 0 unspecified atom stereocenters. The summed E-state index contributed by atoms with van der Waals surface area (Å²) < 4.78 is 0. The van der Waals surface area contributed by atoms with Gasteiger partial charge in [0.1, 0.15) is 11.6 Å². The molecule has 1 aliphatic carbocycles. The van der Waals surface area contributed by atoms with Crippen LogP contribution >= 0.6 is 12.2 Å². The van der Waals surface area contributed by atoms with Crippen molar-refractivity contribution in [3.8, 4) is 0 Å². The lowest BCUT2D eigenvalue weighted by Crippen LogP contribution is -2.36. The number of anilines is 3. The normalized spacial score (nSPS) is 23.7. The highest BCUT2D eigenvalue weighted by atomic mass is 32.1. The van der Waals surface area contributed by atoms with E-state index in [1.54, 1.807) is 0 Å². The zero-order valence-electron chi connectivity index (χ0n) is 16.4. The average Bonchev–Trinajstić information content (AvgIpc) is 3.48. The summed E-state index contributed by atoms with van der Waals surface area (Å²) in [5, 5.41) is 7.22. The van der Waals surface area contributed by atoms with Gasteiger partial charge in [0.2, 0.25) is 5.95 Å². The molecular weight excluding hydrogens is 356 g/mol. The lowest BCUT2D eigenvalue weighted by molar-refractivity contribution is 0.444. The lowest BCUT2D eigenvalue weighted by atomic mass is 10.0. The second kappa shape index (κ2) is 8.59. The number of nitrogens with one attached hydrogen (secondary N) is 2. The summed E-state index contributed by atoms with van der Waals surface area (Å²) in [6.45, 7) is 6.64. The molecule has 0 amide bonds. The largest absolute Gasteiger partial charge is 0.360 e. The molecule has 6 nitrogen and oxygen atoms in total. The minimum absolute atomic E-state index is 0.529. The second-order valence-electron chi connectivity index (χ2n) is 8.38. The van der Waals surface area contributed by atoms with Crippen LogP contribution in [0.1, 0.15) is 58.3 Å². The van der Waals surface area contributed by atoms with Crippen molar-refractivity contribution in [2.45, 2.75) is 64.3 Å². The molecule has 1 saturated carbocycles. The summed E-state index contributed by atoms with van der Waals surface area (Å²) in [5.41, 5.74) is 0. The van der Waals surface area contributed by atoms with E-state index < -0.39 is 0 Å². The number of hydrogen-bond donors (Lipinski definition) is 2. The molecule has 1 atom stereocenters. The number of aromatic nitrogens is 2. The minimum atomic E-state index is 0.529. The quantitative estimate of drug-likeness (QED) is 0.765. The fraction of sp³-hybridized carbons (Fsp3) is 0.750. The Morgan fingerprint density at radius 2 is 1.63 bits per heavy atom. The monoisotopic (exact) mass is 388 g/mol. The minimum Gasteiger partial charge on any atom is -0.360 e. The third-order valence-electron chi connectivity index (χ3n) is 5.75. The molecule has 0 spiro atoms. The van der Waals surface area contributed by atoms with E-state index in [2.05, 4.69) is 33.4 Å². The maximum Gasteiger partial charge on any atom is 0.232 e. The molecule has 0 radical (unpaired) electrons. The molecule has 4 rings (SSSR count). The van der Waals surface area contributed by atoms with Crippen LogP contribution in [-0.4, -0.2) is 47.3 Å². The van der Waals surface area contributed by atoms with E-state index in [9.17, 15) is 0 Å². The zero-order valence-corrected chi connectivity index (χ0v) is 17.2. The Bertz CT molecular complexity index is 634. The molecule has 1 aromatic rings. The molecule has 1 aromatic heterocycles. The van der Waals surface area contributed by atoms with Gasteiger partial charge >= 0.3 is 0 Å². The third-order valence-corrected chi connectivity index (χ3v) is 5.97. The van der Waals surface area contributed by atoms with E-state index in [4.69, 9.17) is 22.2 Å². The van der Waals surface area contributed by atoms with Crippen LogP contribution in [0.3, 0.4) is 0 Å². The van der Waals surface area contributed by atoms with E-state index >= 15 is 0 Å². The Hall–Kier alpha value is -1.63. The molecule has 0 bridgehead atoms. The first-order valence-corrected chi connectivity index (χ1v) is 11.0. The fourth-order valence-corrected chi connectivity index (χ4v) is 4.31. The number of hydrogen-bond acceptors (Lipinski definition) is 5. The van der Waals surface area contributed by atoms with Crippen molar-refractivity contribution in [2.75, 3.05) is 41.3 Å². The van der Waals surface area contributed by atoms with E-state index in [0.29, 0.717) is 23.0 Å². The molecule has 2 N–H and O–H groups in total. The Kier molecular flexibility index (Phi) is 5.95. The molecule has 3 heterocycles. The smallest absolute Gasteiger partial charge is 0.232 e. The molecular formula is C20H32N6S. The second-order valence-corrected chi connectivity index (χ2v) is 8.78. The van der Waals surface area contributed by atoms with Crippen molar-refractivity contribution in [3.05, 3.63) is 6.07 Å². The first-order chi connectivity index (χ1) is 13.2. The van der Waals surface area contributed by atoms with Crippen LogP contribution in [0.15, 0.2) is 6.07 Å². The van der Waals surface area contributed by atoms with Crippen LogP contribution < -0.4 is 20.4 Å². The average molecular weight is 389 g/mol. The van der Waals surface area contributed by atoms with Crippen molar-refractivity contribution in [1.82, 2.24) is 15.3 Å². The van der Waals surface area contributed by atoms with Gasteiger partial charge < -0.3 is 20.4 Å². The van der Waals surface area contributed by atoms with Crippen molar-refractivity contribution in [3.63, 3.8) is 0 Å².